The molecule has 0 atom stereocenters. The zero-order valence-corrected chi connectivity index (χ0v) is 13.3. The fourth-order valence-electron chi connectivity index (χ4n) is 1.75. The first-order valence-corrected chi connectivity index (χ1v) is 7.02. The van der Waals surface area contributed by atoms with Crippen molar-refractivity contribution in [3.05, 3.63) is 33.4 Å². The Hall–Kier alpha value is -1.20. The lowest BCUT2D eigenvalue weighted by molar-refractivity contribution is 0.432. The van der Waals surface area contributed by atoms with Gasteiger partial charge in [0.2, 0.25) is 5.88 Å². The summed E-state index contributed by atoms with van der Waals surface area (Å²) in [4.78, 5) is 0. The summed E-state index contributed by atoms with van der Waals surface area (Å²) in [5.41, 5.74) is 7.45. The number of halogens is 2. The number of nitrogens with two attached hydrogens (primary N) is 1. The molecule has 0 aliphatic heterocycles. The van der Waals surface area contributed by atoms with E-state index in [9.17, 15) is 0 Å². The van der Waals surface area contributed by atoms with Crippen LogP contribution in [0.3, 0.4) is 0 Å². The lowest BCUT2D eigenvalue weighted by Crippen LogP contribution is -1.97. The minimum Gasteiger partial charge on any atom is -0.436 e. The average molecular weight is 345 g/mol. The minimum atomic E-state index is 0.240. The van der Waals surface area contributed by atoms with Gasteiger partial charge in [-0.15, -0.1) is 0 Å². The molecule has 0 fully saturated rings. The molecule has 2 N–H and O–H groups in total. The molecule has 0 unspecified atom stereocenters. The number of nitrogen functional groups attached to an aromatic ring is 1. The van der Waals surface area contributed by atoms with Gasteiger partial charge < -0.3 is 10.5 Å². The highest BCUT2D eigenvalue weighted by atomic mass is 79.9. The molecule has 0 radical (unpaired) electrons. The molecular weight excluding hydrogens is 330 g/mol. The SMILES string of the molecule is CC(C)c1nn(C)c(Oc2ccc(Br)cc2Cl)c1N. The first-order chi connectivity index (χ1) is 8.90. The van der Waals surface area contributed by atoms with Gasteiger partial charge >= 0.3 is 0 Å². The van der Waals surface area contributed by atoms with Gasteiger partial charge in [-0.25, -0.2) is 4.68 Å². The van der Waals surface area contributed by atoms with Gasteiger partial charge in [0.1, 0.15) is 11.4 Å². The number of rotatable bonds is 3. The lowest BCUT2D eigenvalue weighted by atomic mass is 10.1. The Bertz CT molecular complexity index is 610. The zero-order chi connectivity index (χ0) is 14.2. The highest BCUT2D eigenvalue weighted by Gasteiger charge is 2.18. The maximum absolute atomic E-state index is 6.13. The topological polar surface area (TPSA) is 53.1 Å². The van der Waals surface area contributed by atoms with E-state index >= 15 is 0 Å². The number of ether oxygens (including phenoxy) is 1. The molecule has 0 spiro atoms. The van der Waals surface area contributed by atoms with Crippen molar-refractivity contribution in [3.8, 4) is 11.6 Å². The monoisotopic (exact) mass is 343 g/mol. The quantitative estimate of drug-likeness (QED) is 0.901. The summed E-state index contributed by atoms with van der Waals surface area (Å²) in [6.07, 6.45) is 0. The second-order valence-electron chi connectivity index (χ2n) is 4.56. The van der Waals surface area contributed by atoms with Gasteiger partial charge in [-0.3, -0.25) is 0 Å². The second kappa shape index (κ2) is 5.43. The molecular formula is C13H15BrClN3O. The van der Waals surface area contributed by atoms with Crippen LogP contribution in [0.4, 0.5) is 5.69 Å². The molecule has 4 nitrogen and oxygen atoms in total. The number of hydrogen-bond acceptors (Lipinski definition) is 3. The molecule has 19 heavy (non-hydrogen) atoms. The van der Waals surface area contributed by atoms with Crippen molar-refractivity contribution in [3.63, 3.8) is 0 Å². The highest BCUT2D eigenvalue weighted by Crippen LogP contribution is 2.36. The standard InChI is InChI=1S/C13H15BrClN3O/c1-7(2)12-11(16)13(18(3)17-12)19-10-5-4-8(14)6-9(10)15/h4-7H,16H2,1-3H3. The Balaban J connectivity index is 2.38. The predicted octanol–water partition coefficient (Wildman–Crippen LogP) is 4.33. The van der Waals surface area contributed by atoms with Crippen LogP contribution in [0, 0.1) is 0 Å². The van der Waals surface area contributed by atoms with Crippen LogP contribution in [0.2, 0.25) is 5.02 Å². The van der Waals surface area contributed by atoms with E-state index < -0.39 is 0 Å². The maximum atomic E-state index is 6.13. The van der Waals surface area contributed by atoms with E-state index in [2.05, 4.69) is 21.0 Å². The van der Waals surface area contributed by atoms with Gasteiger partial charge in [0.25, 0.3) is 0 Å². The van der Waals surface area contributed by atoms with Crippen LogP contribution in [0.25, 0.3) is 0 Å². The number of aromatic nitrogens is 2. The third-order valence-corrected chi connectivity index (χ3v) is 3.49. The molecule has 0 aliphatic carbocycles. The summed E-state index contributed by atoms with van der Waals surface area (Å²) < 4.78 is 8.30. The van der Waals surface area contributed by atoms with E-state index in [0.29, 0.717) is 22.3 Å². The molecule has 6 heteroatoms. The fraction of sp³-hybridized carbons (Fsp3) is 0.308. The minimum absolute atomic E-state index is 0.240. The number of anilines is 1. The molecule has 0 saturated heterocycles. The number of benzene rings is 1. The van der Waals surface area contributed by atoms with Gasteiger partial charge in [-0.2, -0.15) is 5.10 Å². The van der Waals surface area contributed by atoms with Crippen molar-refractivity contribution in [2.45, 2.75) is 19.8 Å². The Morgan fingerprint density at radius 1 is 1.42 bits per heavy atom. The smallest absolute Gasteiger partial charge is 0.241 e. The predicted molar refractivity (Wildman–Crippen MR) is 80.9 cm³/mol. The summed E-state index contributed by atoms with van der Waals surface area (Å²) in [6, 6.07) is 5.41. The average Bonchev–Trinajstić information content (AvgIpc) is 2.60. The number of hydrogen-bond donors (Lipinski definition) is 1. The molecule has 1 aromatic carbocycles. The molecule has 1 heterocycles. The Labute approximate surface area is 125 Å². The van der Waals surface area contributed by atoms with Crippen LogP contribution in [-0.2, 0) is 7.05 Å². The molecule has 2 rings (SSSR count). The zero-order valence-electron chi connectivity index (χ0n) is 10.9. The van der Waals surface area contributed by atoms with E-state index in [1.165, 1.54) is 0 Å². The Kier molecular flexibility index (Phi) is 4.06. The molecule has 102 valence electrons. The van der Waals surface area contributed by atoms with Crippen molar-refractivity contribution >= 4 is 33.2 Å². The van der Waals surface area contributed by atoms with Crippen LogP contribution >= 0.6 is 27.5 Å². The molecule has 0 bridgehead atoms. The van der Waals surface area contributed by atoms with Crippen molar-refractivity contribution in [2.75, 3.05) is 5.73 Å². The van der Waals surface area contributed by atoms with Gasteiger partial charge in [-0.1, -0.05) is 41.4 Å². The first kappa shape index (κ1) is 14.2. The van der Waals surface area contributed by atoms with Gasteiger partial charge in [0.05, 0.1) is 10.7 Å². The first-order valence-electron chi connectivity index (χ1n) is 5.85. The number of nitrogens with zero attached hydrogens (tertiary/aromatic N) is 2. The number of aryl methyl sites for hydroxylation is 1. The third-order valence-electron chi connectivity index (χ3n) is 2.71. The second-order valence-corrected chi connectivity index (χ2v) is 5.88. The fourth-order valence-corrected chi connectivity index (χ4v) is 2.47. The Morgan fingerprint density at radius 3 is 2.63 bits per heavy atom. The normalized spacial score (nSPS) is 11.1. The third kappa shape index (κ3) is 2.87. The van der Waals surface area contributed by atoms with Gasteiger partial charge in [0.15, 0.2) is 0 Å². The van der Waals surface area contributed by atoms with Crippen LogP contribution in [0.1, 0.15) is 25.5 Å². The van der Waals surface area contributed by atoms with E-state index in [1.54, 1.807) is 23.9 Å². The van der Waals surface area contributed by atoms with Crippen molar-refractivity contribution in [1.82, 2.24) is 9.78 Å². The summed E-state index contributed by atoms with van der Waals surface area (Å²) in [5, 5.41) is 4.88. The Morgan fingerprint density at radius 2 is 2.11 bits per heavy atom. The van der Waals surface area contributed by atoms with Gasteiger partial charge in [-0.05, 0) is 24.1 Å². The van der Waals surface area contributed by atoms with Gasteiger partial charge in [0, 0.05) is 11.5 Å². The largest absolute Gasteiger partial charge is 0.436 e. The van der Waals surface area contributed by atoms with Crippen molar-refractivity contribution < 1.29 is 4.74 Å². The van der Waals surface area contributed by atoms with E-state index in [4.69, 9.17) is 22.1 Å². The van der Waals surface area contributed by atoms with E-state index in [0.717, 1.165) is 10.2 Å². The van der Waals surface area contributed by atoms with E-state index in [1.807, 2.05) is 19.9 Å². The van der Waals surface area contributed by atoms with E-state index in [-0.39, 0.29) is 5.92 Å². The van der Waals surface area contributed by atoms with Crippen LogP contribution < -0.4 is 10.5 Å². The van der Waals surface area contributed by atoms with Crippen LogP contribution in [0.5, 0.6) is 11.6 Å². The summed E-state index contributed by atoms with van der Waals surface area (Å²) >= 11 is 9.48. The van der Waals surface area contributed by atoms with Crippen LogP contribution in [0.15, 0.2) is 22.7 Å². The summed E-state index contributed by atoms with van der Waals surface area (Å²) in [6.45, 7) is 4.07. The molecule has 0 amide bonds. The molecule has 1 aromatic heterocycles. The van der Waals surface area contributed by atoms with Crippen molar-refractivity contribution in [2.24, 2.45) is 7.05 Å². The highest BCUT2D eigenvalue weighted by molar-refractivity contribution is 9.10. The molecule has 2 aromatic rings. The maximum Gasteiger partial charge on any atom is 0.241 e. The molecule has 0 aliphatic rings. The summed E-state index contributed by atoms with van der Waals surface area (Å²) in [5.74, 6) is 1.30. The van der Waals surface area contributed by atoms with Crippen LogP contribution in [-0.4, -0.2) is 9.78 Å². The lowest BCUT2D eigenvalue weighted by Gasteiger charge is -2.08. The summed E-state index contributed by atoms with van der Waals surface area (Å²) in [7, 11) is 1.80. The molecule has 0 saturated carbocycles. The van der Waals surface area contributed by atoms with Crippen molar-refractivity contribution in [1.29, 1.82) is 0 Å².